The SMILES string of the molecule is CCCCCCC(C)(CN)NC1CCC(C)(C)C1. The Balaban J connectivity index is 2.35. The van der Waals surface area contributed by atoms with Crippen LogP contribution in [0.1, 0.15) is 79.1 Å². The van der Waals surface area contributed by atoms with E-state index < -0.39 is 0 Å². The Labute approximate surface area is 114 Å². The van der Waals surface area contributed by atoms with Gasteiger partial charge in [0.2, 0.25) is 0 Å². The molecule has 0 aliphatic heterocycles. The van der Waals surface area contributed by atoms with Gasteiger partial charge in [-0.15, -0.1) is 0 Å². The standard InChI is InChI=1S/C16H34N2/c1-5-6-7-8-10-16(4,13-17)18-14-9-11-15(2,3)12-14/h14,18H,5-13,17H2,1-4H3. The maximum Gasteiger partial charge on any atom is 0.0278 e. The van der Waals surface area contributed by atoms with E-state index in [0.717, 1.165) is 6.54 Å². The third-order valence-corrected chi connectivity index (χ3v) is 4.55. The number of hydrogen-bond donors (Lipinski definition) is 2. The summed E-state index contributed by atoms with van der Waals surface area (Å²) in [5.41, 5.74) is 6.68. The molecule has 1 fully saturated rings. The molecule has 2 nitrogen and oxygen atoms in total. The van der Waals surface area contributed by atoms with Gasteiger partial charge in [-0.2, -0.15) is 0 Å². The van der Waals surface area contributed by atoms with Crippen LogP contribution in [0.3, 0.4) is 0 Å². The molecule has 18 heavy (non-hydrogen) atoms. The number of hydrogen-bond acceptors (Lipinski definition) is 2. The van der Waals surface area contributed by atoms with Gasteiger partial charge < -0.3 is 11.1 Å². The molecule has 1 saturated carbocycles. The third kappa shape index (κ3) is 5.27. The largest absolute Gasteiger partial charge is 0.329 e. The Kier molecular flexibility index (Phi) is 6.13. The predicted octanol–water partition coefficient (Wildman–Crippen LogP) is 3.84. The van der Waals surface area contributed by atoms with Crippen molar-refractivity contribution in [2.45, 2.75) is 90.6 Å². The molecular weight excluding hydrogens is 220 g/mol. The number of nitrogens with two attached hydrogens (primary N) is 1. The molecule has 108 valence electrons. The zero-order chi connectivity index (χ0) is 13.6. The van der Waals surface area contributed by atoms with E-state index >= 15 is 0 Å². The summed E-state index contributed by atoms with van der Waals surface area (Å²) in [5.74, 6) is 0. The van der Waals surface area contributed by atoms with Crippen molar-refractivity contribution in [1.82, 2.24) is 5.32 Å². The lowest BCUT2D eigenvalue weighted by Gasteiger charge is -2.33. The molecule has 0 saturated heterocycles. The molecule has 0 aromatic rings. The minimum absolute atomic E-state index is 0.152. The van der Waals surface area contributed by atoms with E-state index in [-0.39, 0.29) is 5.54 Å². The monoisotopic (exact) mass is 254 g/mol. The molecule has 1 aliphatic carbocycles. The highest BCUT2D eigenvalue weighted by Gasteiger charge is 2.34. The van der Waals surface area contributed by atoms with Crippen LogP contribution in [0.15, 0.2) is 0 Å². The lowest BCUT2D eigenvalue weighted by molar-refractivity contribution is 0.274. The molecular formula is C16H34N2. The molecule has 1 rings (SSSR count). The van der Waals surface area contributed by atoms with Crippen molar-refractivity contribution in [3.63, 3.8) is 0 Å². The lowest BCUT2D eigenvalue weighted by atomic mass is 9.90. The highest BCUT2D eigenvalue weighted by Crippen LogP contribution is 2.37. The normalized spacial score (nSPS) is 26.2. The molecule has 2 unspecified atom stereocenters. The summed E-state index contributed by atoms with van der Waals surface area (Å²) in [6, 6.07) is 0.680. The topological polar surface area (TPSA) is 38.0 Å². The van der Waals surface area contributed by atoms with Crippen LogP contribution in [0, 0.1) is 5.41 Å². The average molecular weight is 254 g/mol. The van der Waals surface area contributed by atoms with E-state index in [1.54, 1.807) is 0 Å². The van der Waals surface area contributed by atoms with E-state index in [1.165, 1.54) is 51.4 Å². The molecule has 0 radical (unpaired) electrons. The summed E-state index contributed by atoms with van der Waals surface area (Å²) in [7, 11) is 0. The minimum atomic E-state index is 0.152. The van der Waals surface area contributed by atoms with Gasteiger partial charge in [-0.1, -0.05) is 46.5 Å². The van der Waals surface area contributed by atoms with Crippen molar-refractivity contribution >= 4 is 0 Å². The van der Waals surface area contributed by atoms with E-state index in [1.807, 2.05) is 0 Å². The van der Waals surface area contributed by atoms with Crippen LogP contribution >= 0.6 is 0 Å². The number of unbranched alkanes of at least 4 members (excludes halogenated alkanes) is 3. The van der Waals surface area contributed by atoms with E-state index in [4.69, 9.17) is 5.73 Å². The Morgan fingerprint density at radius 2 is 2.00 bits per heavy atom. The van der Waals surface area contributed by atoms with Crippen LogP contribution in [-0.2, 0) is 0 Å². The first-order valence-electron chi connectivity index (χ1n) is 7.88. The van der Waals surface area contributed by atoms with E-state index in [2.05, 4.69) is 33.0 Å². The summed E-state index contributed by atoms with van der Waals surface area (Å²) in [4.78, 5) is 0. The lowest BCUT2D eigenvalue weighted by Crippen LogP contribution is -2.52. The molecule has 2 heteroatoms. The quantitative estimate of drug-likeness (QED) is 0.646. The molecule has 3 N–H and O–H groups in total. The fourth-order valence-corrected chi connectivity index (χ4v) is 3.23. The van der Waals surface area contributed by atoms with E-state index in [0.29, 0.717) is 11.5 Å². The zero-order valence-corrected chi connectivity index (χ0v) is 13.0. The van der Waals surface area contributed by atoms with Crippen molar-refractivity contribution in [3.05, 3.63) is 0 Å². The van der Waals surface area contributed by atoms with Crippen LogP contribution in [0.2, 0.25) is 0 Å². The van der Waals surface area contributed by atoms with Crippen molar-refractivity contribution in [2.24, 2.45) is 11.1 Å². The van der Waals surface area contributed by atoms with Gasteiger partial charge in [-0.3, -0.25) is 0 Å². The molecule has 0 bridgehead atoms. The molecule has 0 aromatic carbocycles. The Bertz CT molecular complexity index is 237. The molecule has 0 heterocycles. The van der Waals surface area contributed by atoms with Gasteiger partial charge in [0.15, 0.2) is 0 Å². The van der Waals surface area contributed by atoms with Gasteiger partial charge in [-0.25, -0.2) is 0 Å². The summed E-state index contributed by atoms with van der Waals surface area (Å²) in [6.45, 7) is 10.1. The summed E-state index contributed by atoms with van der Waals surface area (Å²) >= 11 is 0. The second kappa shape index (κ2) is 6.91. The van der Waals surface area contributed by atoms with E-state index in [9.17, 15) is 0 Å². The van der Waals surface area contributed by atoms with Gasteiger partial charge in [0.1, 0.15) is 0 Å². The first-order chi connectivity index (χ1) is 8.41. The van der Waals surface area contributed by atoms with Gasteiger partial charge in [0, 0.05) is 18.1 Å². The Hall–Kier alpha value is -0.0800. The van der Waals surface area contributed by atoms with Gasteiger partial charge in [-0.05, 0) is 38.0 Å². The maximum atomic E-state index is 6.00. The zero-order valence-electron chi connectivity index (χ0n) is 13.0. The summed E-state index contributed by atoms with van der Waals surface area (Å²) < 4.78 is 0. The highest BCUT2D eigenvalue weighted by atomic mass is 15.0. The van der Waals surface area contributed by atoms with Crippen LogP contribution in [0.5, 0.6) is 0 Å². The fraction of sp³-hybridized carbons (Fsp3) is 1.00. The van der Waals surface area contributed by atoms with Gasteiger partial charge in [0.25, 0.3) is 0 Å². The third-order valence-electron chi connectivity index (χ3n) is 4.55. The molecule has 0 spiro atoms. The predicted molar refractivity (Wildman–Crippen MR) is 80.8 cm³/mol. The number of nitrogens with one attached hydrogen (secondary N) is 1. The first-order valence-corrected chi connectivity index (χ1v) is 7.88. The summed E-state index contributed by atoms with van der Waals surface area (Å²) in [5, 5.41) is 3.85. The van der Waals surface area contributed by atoms with Crippen molar-refractivity contribution in [3.8, 4) is 0 Å². The molecule has 2 atom stereocenters. The second-order valence-electron chi connectivity index (χ2n) is 7.32. The number of rotatable bonds is 8. The van der Waals surface area contributed by atoms with Gasteiger partial charge >= 0.3 is 0 Å². The first kappa shape index (κ1) is 16.0. The van der Waals surface area contributed by atoms with Crippen molar-refractivity contribution in [2.75, 3.05) is 6.54 Å². The summed E-state index contributed by atoms with van der Waals surface area (Å²) in [6.07, 6.45) is 10.5. The van der Waals surface area contributed by atoms with Crippen LogP contribution in [0.25, 0.3) is 0 Å². The van der Waals surface area contributed by atoms with Crippen LogP contribution in [0.4, 0.5) is 0 Å². The maximum absolute atomic E-state index is 6.00. The van der Waals surface area contributed by atoms with Crippen LogP contribution < -0.4 is 11.1 Å². The molecule has 0 aromatic heterocycles. The second-order valence-corrected chi connectivity index (χ2v) is 7.32. The molecule has 0 amide bonds. The Morgan fingerprint density at radius 3 is 2.50 bits per heavy atom. The smallest absolute Gasteiger partial charge is 0.0278 e. The van der Waals surface area contributed by atoms with Crippen molar-refractivity contribution in [1.29, 1.82) is 0 Å². The van der Waals surface area contributed by atoms with Crippen molar-refractivity contribution < 1.29 is 0 Å². The Morgan fingerprint density at radius 1 is 1.28 bits per heavy atom. The van der Waals surface area contributed by atoms with Gasteiger partial charge in [0.05, 0.1) is 0 Å². The highest BCUT2D eigenvalue weighted by molar-refractivity contribution is 4.93. The molecule has 1 aliphatic rings. The minimum Gasteiger partial charge on any atom is -0.329 e. The van der Waals surface area contributed by atoms with Crippen LogP contribution in [-0.4, -0.2) is 18.1 Å². The fourth-order valence-electron chi connectivity index (χ4n) is 3.23. The average Bonchev–Trinajstić information content (AvgIpc) is 2.64.